The Labute approximate surface area is 117 Å². The maximum Gasteiger partial charge on any atom is 0.0804 e. The molecule has 0 saturated carbocycles. The van der Waals surface area contributed by atoms with Crippen LogP contribution in [0.3, 0.4) is 0 Å². The number of hydrogen-bond acceptors (Lipinski definition) is 2. The fourth-order valence-electron chi connectivity index (χ4n) is 2.52. The van der Waals surface area contributed by atoms with Crippen molar-refractivity contribution in [3.8, 4) is 0 Å². The first-order valence-corrected chi connectivity index (χ1v) is 7.42. The van der Waals surface area contributed by atoms with Gasteiger partial charge >= 0.3 is 0 Å². The molecule has 94 valence electrons. The first kappa shape index (κ1) is 13.3. The molecule has 2 rings (SSSR count). The molecule has 0 aliphatic carbocycles. The van der Waals surface area contributed by atoms with Gasteiger partial charge in [0, 0.05) is 15.7 Å². The standard InChI is InChI=1S/C14H20INO/c1-10-3-2-4-13(16-10)9-14(17)11-5-7-12(15)8-6-11/h5-8,10,13-14,16-17H,2-4,9H2,1H3. The van der Waals surface area contributed by atoms with Crippen molar-refractivity contribution >= 4 is 22.6 Å². The summed E-state index contributed by atoms with van der Waals surface area (Å²) < 4.78 is 1.21. The molecule has 1 aromatic carbocycles. The van der Waals surface area contributed by atoms with Crippen LogP contribution in [0.15, 0.2) is 24.3 Å². The van der Waals surface area contributed by atoms with Crippen LogP contribution < -0.4 is 5.32 Å². The Hall–Kier alpha value is -0.130. The highest BCUT2D eigenvalue weighted by atomic mass is 127. The molecule has 0 spiro atoms. The van der Waals surface area contributed by atoms with Crippen molar-refractivity contribution in [1.29, 1.82) is 0 Å². The number of aliphatic hydroxyl groups excluding tert-OH is 1. The predicted molar refractivity (Wildman–Crippen MR) is 79.0 cm³/mol. The normalized spacial score (nSPS) is 26.8. The first-order valence-electron chi connectivity index (χ1n) is 6.34. The highest BCUT2D eigenvalue weighted by Gasteiger charge is 2.21. The van der Waals surface area contributed by atoms with E-state index >= 15 is 0 Å². The van der Waals surface area contributed by atoms with E-state index < -0.39 is 0 Å². The van der Waals surface area contributed by atoms with E-state index in [0.717, 1.165) is 12.0 Å². The van der Waals surface area contributed by atoms with Crippen LogP contribution in [0.5, 0.6) is 0 Å². The van der Waals surface area contributed by atoms with Crippen LogP contribution >= 0.6 is 22.6 Å². The van der Waals surface area contributed by atoms with E-state index in [1.807, 2.05) is 12.1 Å². The predicted octanol–water partition coefficient (Wildman–Crippen LogP) is 3.25. The van der Waals surface area contributed by atoms with Gasteiger partial charge in [-0.05, 0) is 66.5 Å². The average Bonchev–Trinajstić information content (AvgIpc) is 2.29. The van der Waals surface area contributed by atoms with Crippen molar-refractivity contribution in [3.63, 3.8) is 0 Å². The second kappa shape index (κ2) is 6.16. The first-order chi connectivity index (χ1) is 8.15. The Kier molecular flexibility index (Phi) is 4.82. The number of rotatable bonds is 3. The molecule has 1 heterocycles. The fraction of sp³-hybridized carbons (Fsp3) is 0.571. The molecule has 2 nitrogen and oxygen atoms in total. The summed E-state index contributed by atoms with van der Waals surface area (Å²) in [7, 11) is 0. The van der Waals surface area contributed by atoms with Gasteiger partial charge in [-0.15, -0.1) is 0 Å². The van der Waals surface area contributed by atoms with E-state index in [1.165, 1.54) is 22.8 Å². The third kappa shape index (κ3) is 3.93. The van der Waals surface area contributed by atoms with Crippen molar-refractivity contribution in [2.24, 2.45) is 0 Å². The van der Waals surface area contributed by atoms with Crippen molar-refractivity contribution in [1.82, 2.24) is 5.32 Å². The summed E-state index contributed by atoms with van der Waals surface area (Å²) >= 11 is 2.28. The number of aliphatic hydroxyl groups is 1. The Bertz CT molecular complexity index is 352. The van der Waals surface area contributed by atoms with Crippen molar-refractivity contribution in [2.75, 3.05) is 0 Å². The minimum absolute atomic E-state index is 0.338. The van der Waals surface area contributed by atoms with Gasteiger partial charge in [-0.1, -0.05) is 18.6 Å². The average molecular weight is 345 g/mol. The SMILES string of the molecule is CC1CCCC(CC(O)c2ccc(I)cc2)N1. The molecule has 2 N–H and O–H groups in total. The number of hydrogen-bond donors (Lipinski definition) is 2. The van der Waals surface area contributed by atoms with Crippen LogP contribution in [0.2, 0.25) is 0 Å². The maximum atomic E-state index is 10.2. The molecule has 3 unspecified atom stereocenters. The summed E-state index contributed by atoms with van der Waals surface area (Å²) in [4.78, 5) is 0. The summed E-state index contributed by atoms with van der Waals surface area (Å²) in [6.07, 6.45) is 4.21. The van der Waals surface area contributed by atoms with Crippen molar-refractivity contribution in [3.05, 3.63) is 33.4 Å². The zero-order valence-corrected chi connectivity index (χ0v) is 12.4. The second-order valence-corrected chi connectivity index (χ2v) is 6.24. The van der Waals surface area contributed by atoms with E-state index in [2.05, 4.69) is 47.0 Å². The van der Waals surface area contributed by atoms with Crippen LogP contribution in [-0.4, -0.2) is 17.2 Å². The molecule has 0 amide bonds. The van der Waals surface area contributed by atoms with Crippen LogP contribution in [0.1, 0.15) is 44.3 Å². The molecule has 0 radical (unpaired) electrons. The molecule has 17 heavy (non-hydrogen) atoms. The van der Waals surface area contributed by atoms with Gasteiger partial charge in [0.15, 0.2) is 0 Å². The number of piperidine rings is 1. The molecule has 3 heteroatoms. The number of halogens is 1. The molecule has 1 fully saturated rings. The van der Waals surface area contributed by atoms with Gasteiger partial charge in [-0.3, -0.25) is 0 Å². The van der Waals surface area contributed by atoms with Gasteiger partial charge in [0.05, 0.1) is 6.10 Å². The molecule has 3 atom stereocenters. The summed E-state index contributed by atoms with van der Waals surface area (Å²) in [6.45, 7) is 2.23. The summed E-state index contributed by atoms with van der Waals surface area (Å²) in [5.74, 6) is 0. The Morgan fingerprint density at radius 3 is 2.71 bits per heavy atom. The summed E-state index contributed by atoms with van der Waals surface area (Å²) in [5, 5.41) is 13.8. The monoisotopic (exact) mass is 345 g/mol. The van der Waals surface area contributed by atoms with Crippen LogP contribution in [0.4, 0.5) is 0 Å². The van der Waals surface area contributed by atoms with Crippen LogP contribution in [0.25, 0.3) is 0 Å². The Morgan fingerprint density at radius 2 is 2.06 bits per heavy atom. The van der Waals surface area contributed by atoms with Crippen molar-refractivity contribution in [2.45, 2.75) is 50.8 Å². The maximum absolute atomic E-state index is 10.2. The largest absolute Gasteiger partial charge is 0.388 e. The molecular weight excluding hydrogens is 325 g/mol. The van der Waals surface area contributed by atoms with E-state index in [4.69, 9.17) is 0 Å². The molecule has 1 aliphatic rings. The van der Waals surface area contributed by atoms with E-state index in [0.29, 0.717) is 12.1 Å². The van der Waals surface area contributed by atoms with E-state index in [1.54, 1.807) is 0 Å². The second-order valence-electron chi connectivity index (χ2n) is 5.00. The van der Waals surface area contributed by atoms with Gasteiger partial charge < -0.3 is 10.4 Å². The van der Waals surface area contributed by atoms with E-state index in [-0.39, 0.29) is 6.10 Å². The van der Waals surface area contributed by atoms with Gasteiger partial charge in [-0.2, -0.15) is 0 Å². The number of benzene rings is 1. The summed E-state index contributed by atoms with van der Waals surface area (Å²) in [5.41, 5.74) is 1.03. The third-order valence-electron chi connectivity index (χ3n) is 3.47. The lowest BCUT2D eigenvalue weighted by atomic mass is 9.93. The quantitative estimate of drug-likeness (QED) is 0.825. The fourth-order valence-corrected chi connectivity index (χ4v) is 2.88. The van der Waals surface area contributed by atoms with Crippen LogP contribution in [-0.2, 0) is 0 Å². The minimum Gasteiger partial charge on any atom is -0.388 e. The number of nitrogens with one attached hydrogen (secondary N) is 1. The zero-order valence-electron chi connectivity index (χ0n) is 10.2. The van der Waals surface area contributed by atoms with Gasteiger partial charge in [-0.25, -0.2) is 0 Å². The van der Waals surface area contributed by atoms with Gasteiger partial charge in [0.25, 0.3) is 0 Å². The molecule has 1 aliphatic heterocycles. The lowest BCUT2D eigenvalue weighted by Crippen LogP contribution is -2.41. The van der Waals surface area contributed by atoms with Crippen LogP contribution in [0, 0.1) is 3.57 Å². The lowest BCUT2D eigenvalue weighted by molar-refractivity contribution is 0.139. The zero-order chi connectivity index (χ0) is 12.3. The highest BCUT2D eigenvalue weighted by molar-refractivity contribution is 14.1. The topological polar surface area (TPSA) is 32.3 Å². The molecule has 0 bridgehead atoms. The van der Waals surface area contributed by atoms with Gasteiger partial charge in [0.2, 0.25) is 0 Å². The molecule has 0 aromatic heterocycles. The Morgan fingerprint density at radius 1 is 1.35 bits per heavy atom. The summed E-state index contributed by atoms with van der Waals surface area (Å²) in [6, 6.07) is 9.22. The minimum atomic E-state index is -0.338. The molecular formula is C14H20INO. The van der Waals surface area contributed by atoms with Crippen molar-refractivity contribution < 1.29 is 5.11 Å². The molecule has 1 saturated heterocycles. The third-order valence-corrected chi connectivity index (χ3v) is 4.19. The van der Waals surface area contributed by atoms with E-state index in [9.17, 15) is 5.11 Å². The Balaban J connectivity index is 1.91. The lowest BCUT2D eigenvalue weighted by Gasteiger charge is -2.30. The van der Waals surface area contributed by atoms with Gasteiger partial charge in [0.1, 0.15) is 0 Å². The smallest absolute Gasteiger partial charge is 0.0804 e. The molecule has 1 aromatic rings. The highest BCUT2D eigenvalue weighted by Crippen LogP contribution is 2.24.